The zero-order valence-electron chi connectivity index (χ0n) is 8.83. The van der Waals surface area contributed by atoms with Gasteiger partial charge in [-0.25, -0.2) is 0 Å². The quantitative estimate of drug-likeness (QED) is 0.419. The lowest BCUT2D eigenvalue weighted by atomic mass is 10.1. The van der Waals surface area contributed by atoms with Crippen molar-refractivity contribution in [3.05, 3.63) is 0 Å². The second kappa shape index (κ2) is 4.73. The molecule has 1 saturated heterocycles. The monoisotopic (exact) mass is 222 g/mol. The van der Waals surface area contributed by atoms with Crippen molar-refractivity contribution >= 4 is 0 Å². The molecule has 1 heterocycles. The van der Waals surface area contributed by atoms with E-state index in [1.165, 1.54) is 13.8 Å². The predicted octanol–water partition coefficient (Wildman–Crippen LogP) is -1.79. The van der Waals surface area contributed by atoms with E-state index in [-0.39, 0.29) is 6.61 Å². The molecular weight excluding hydrogens is 204 g/mol. The predicted molar refractivity (Wildman–Crippen MR) is 50.0 cm³/mol. The first-order chi connectivity index (χ1) is 6.85. The molecule has 4 atom stereocenters. The van der Waals surface area contributed by atoms with Gasteiger partial charge in [-0.2, -0.15) is 0 Å². The van der Waals surface area contributed by atoms with Gasteiger partial charge in [0.1, 0.15) is 24.4 Å². The fourth-order valence-corrected chi connectivity index (χ4v) is 1.53. The van der Waals surface area contributed by atoms with Crippen LogP contribution in [-0.4, -0.2) is 63.8 Å². The smallest absolute Gasteiger partial charge is 0.160 e. The van der Waals surface area contributed by atoms with E-state index < -0.39 is 36.8 Å². The molecule has 1 rings (SSSR count). The van der Waals surface area contributed by atoms with Crippen LogP contribution in [0.25, 0.3) is 0 Å². The van der Waals surface area contributed by atoms with Gasteiger partial charge in [0.25, 0.3) is 0 Å². The van der Waals surface area contributed by atoms with Crippen LogP contribution in [0.3, 0.4) is 0 Å². The summed E-state index contributed by atoms with van der Waals surface area (Å²) >= 11 is 0. The van der Waals surface area contributed by atoms with Crippen molar-refractivity contribution in [1.29, 1.82) is 0 Å². The lowest BCUT2D eigenvalue weighted by Gasteiger charge is -2.26. The molecule has 4 N–H and O–H groups in total. The second-order valence-corrected chi connectivity index (χ2v) is 4.14. The molecule has 1 aliphatic rings. The summed E-state index contributed by atoms with van der Waals surface area (Å²) in [6, 6.07) is 0. The molecule has 0 bridgehead atoms. The molecular formula is C9H18O6. The van der Waals surface area contributed by atoms with Gasteiger partial charge in [0, 0.05) is 0 Å². The van der Waals surface area contributed by atoms with Crippen molar-refractivity contribution in [3.63, 3.8) is 0 Å². The molecule has 6 heteroatoms. The fourth-order valence-electron chi connectivity index (χ4n) is 1.53. The highest BCUT2D eigenvalue weighted by atomic mass is 16.7. The van der Waals surface area contributed by atoms with E-state index in [0.29, 0.717) is 0 Å². The van der Waals surface area contributed by atoms with Gasteiger partial charge in [-0.1, -0.05) is 0 Å². The first-order valence-corrected chi connectivity index (χ1v) is 4.84. The SMILES string of the molecule is CC(C)(O)OC1COC(C(O)CO)C1O. The first kappa shape index (κ1) is 12.8. The molecule has 1 fully saturated rings. The maximum atomic E-state index is 9.68. The molecule has 0 spiro atoms. The van der Waals surface area contributed by atoms with E-state index in [0.717, 1.165) is 0 Å². The molecule has 4 unspecified atom stereocenters. The molecule has 15 heavy (non-hydrogen) atoms. The van der Waals surface area contributed by atoms with Gasteiger partial charge >= 0.3 is 0 Å². The van der Waals surface area contributed by atoms with Gasteiger partial charge < -0.3 is 29.9 Å². The van der Waals surface area contributed by atoms with Crippen molar-refractivity contribution in [3.8, 4) is 0 Å². The van der Waals surface area contributed by atoms with Crippen LogP contribution in [0.15, 0.2) is 0 Å². The Morgan fingerprint density at radius 2 is 2.13 bits per heavy atom. The van der Waals surface area contributed by atoms with Crippen LogP contribution in [0, 0.1) is 0 Å². The summed E-state index contributed by atoms with van der Waals surface area (Å²) in [5.41, 5.74) is 0. The Bertz CT molecular complexity index is 201. The Labute approximate surface area is 88.1 Å². The Hall–Kier alpha value is -0.240. The van der Waals surface area contributed by atoms with E-state index in [1.807, 2.05) is 0 Å². The molecule has 0 saturated carbocycles. The van der Waals surface area contributed by atoms with Crippen LogP contribution < -0.4 is 0 Å². The number of aliphatic hydroxyl groups excluding tert-OH is 3. The Kier molecular flexibility index (Phi) is 4.05. The van der Waals surface area contributed by atoms with Gasteiger partial charge in [-0.05, 0) is 13.8 Å². The summed E-state index contributed by atoms with van der Waals surface area (Å²) in [6.45, 7) is 2.47. The molecule has 0 aromatic heterocycles. The van der Waals surface area contributed by atoms with E-state index in [2.05, 4.69) is 0 Å². The average Bonchev–Trinajstić information content (AvgIpc) is 2.45. The third-order valence-electron chi connectivity index (χ3n) is 2.18. The Morgan fingerprint density at radius 1 is 1.53 bits per heavy atom. The highest BCUT2D eigenvalue weighted by Gasteiger charge is 2.42. The zero-order chi connectivity index (χ0) is 11.6. The molecule has 90 valence electrons. The summed E-state index contributed by atoms with van der Waals surface area (Å²) in [5, 5.41) is 37.1. The maximum Gasteiger partial charge on any atom is 0.160 e. The number of ether oxygens (including phenoxy) is 2. The lowest BCUT2D eigenvalue weighted by Crippen LogP contribution is -2.43. The Balaban J connectivity index is 2.52. The van der Waals surface area contributed by atoms with E-state index in [4.69, 9.17) is 14.6 Å². The molecule has 6 nitrogen and oxygen atoms in total. The standard InChI is InChI=1S/C9H18O6/c1-9(2,13)15-6-4-14-8(7(6)12)5(11)3-10/h5-8,10-13H,3-4H2,1-2H3. The summed E-state index contributed by atoms with van der Waals surface area (Å²) in [5.74, 6) is -1.37. The molecule has 0 radical (unpaired) electrons. The highest BCUT2D eigenvalue weighted by Crippen LogP contribution is 2.23. The van der Waals surface area contributed by atoms with Crippen molar-refractivity contribution in [2.45, 2.75) is 44.1 Å². The second-order valence-electron chi connectivity index (χ2n) is 4.14. The van der Waals surface area contributed by atoms with Gasteiger partial charge in [0.2, 0.25) is 0 Å². The topological polar surface area (TPSA) is 99.4 Å². The van der Waals surface area contributed by atoms with Crippen molar-refractivity contribution < 1.29 is 29.9 Å². The summed E-state index contributed by atoms with van der Waals surface area (Å²) < 4.78 is 10.2. The average molecular weight is 222 g/mol. The Morgan fingerprint density at radius 3 is 2.60 bits per heavy atom. The highest BCUT2D eigenvalue weighted by molar-refractivity contribution is 4.89. The van der Waals surface area contributed by atoms with Gasteiger partial charge in [-0.3, -0.25) is 0 Å². The molecule has 0 amide bonds. The van der Waals surface area contributed by atoms with Gasteiger partial charge in [-0.15, -0.1) is 0 Å². The van der Waals surface area contributed by atoms with Crippen LogP contribution >= 0.6 is 0 Å². The molecule has 1 aliphatic heterocycles. The van der Waals surface area contributed by atoms with E-state index in [1.54, 1.807) is 0 Å². The number of rotatable bonds is 4. The van der Waals surface area contributed by atoms with Crippen LogP contribution in [0.1, 0.15) is 13.8 Å². The minimum Gasteiger partial charge on any atom is -0.394 e. The maximum absolute atomic E-state index is 9.68. The van der Waals surface area contributed by atoms with Gasteiger partial charge in [0.15, 0.2) is 5.79 Å². The van der Waals surface area contributed by atoms with Crippen LogP contribution in [0.2, 0.25) is 0 Å². The minimum atomic E-state index is -1.37. The van der Waals surface area contributed by atoms with Crippen LogP contribution in [0.5, 0.6) is 0 Å². The molecule has 0 aromatic rings. The molecule has 0 aliphatic carbocycles. The first-order valence-electron chi connectivity index (χ1n) is 4.84. The van der Waals surface area contributed by atoms with E-state index in [9.17, 15) is 15.3 Å². The third kappa shape index (κ3) is 3.37. The normalized spacial score (nSPS) is 34.4. The number of hydrogen-bond donors (Lipinski definition) is 4. The zero-order valence-corrected chi connectivity index (χ0v) is 8.83. The number of hydrogen-bond acceptors (Lipinski definition) is 6. The van der Waals surface area contributed by atoms with Crippen molar-refractivity contribution in [1.82, 2.24) is 0 Å². The van der Waals surface area contributed by atoms with Gasteiger partial charge in [0.05, 0.1) is 13.2 Å². The lowest BCUT2D eigenvalue weighted by molar-refractivity contribution is -0.218. The molecule has 0 aromatic carbocycles. The van der Waals surface area contributed by atoms with E-state index >= 15 is 0 Å². The fraction of sp³-hybridized carbons (Fsp3) is 1.00. The van der Waals surface area contributed by atoms with Crippen molar-refractivity contribution in [2.24, 2.45) is 0 Å². The summed E-state index contributed by atoms with van der Waals surface area (Å²) in [7, 11) is 0. The summed E-state index contributed by atoms with van der Waals surface area (Å²) in [4.78, 5) is 0. The largest absolute Gasteiger partial charge is 0.394 e. The number of aliphatic hydroxyl groups is 4. The summed E-state index contributed by atoms with van der Waals surface area (Å²) in [6.07, 6.45) is -3.77. The minimum absolute atomic E-state index is 0.0763. The van der Waals surface area contributed by atoms with Crippen molar-refractivity contribution in [2.75, 3.05) is 13.2 Å². The van der Waals surface area contributed by atoms with Crippen LogP contribution in [0.4, 0.5) is 0 Å². The third-order valence-corrected chi connectivity index (χ3v) is 2.18. The van der Waals surface area contributed by atoms with Crippen LogP contribution in [-0.2, 0) is 9.47 Å².